The van der Waals surface area contributed by atoms with Crippen molar-refractivity contribution >= 4 is 46.4 Å². The molecule has 2 aromatic heterocycles. The minimum atomic E-state index is -4.60. The minimum Gasteiger partial charge on any atom is -0.480 e. The first kappa shape index (κ1) is 29.7. The molecule has 0 unspecified atom stereocenters. The number of anilines is 2. The van der Waals surface area contributed by atoms with Crippen LogP contribution in [0.2, 0.25) is 10.0 Å². The molecule has 0 saturated carbocycles. The van der Waals surface area contributed by atoms with Gasteiger partial charge in [0.1, 0.15) is 5.82 Å². The lowest BCUT2D eigenvalue weighted by atomic mass is 9.86. The molecule has 0 saturated heterocycles. The summed E-state index contributed by atoms with van der Waals surface area (Å²) in [4.78, 5) is 42.8. The first-order valence-electron chi connectivity index (χ1n) is 13.2. The highest BCUT2D eigenvalue weighted by molar-refractivity contribution is 6.32. The van der Waals surface area contributed by atoms with E-state index in [9.17, 15) is 22.8 Å². The number of fused-ring (bicyclic) bond motifs is 4. The molecule has 0 aliphatic carbocycles. The third-order valence-electron chi connectivity index (χ3n) is 7.40. The van der Waals surface area contributed by atoms with Crippen molar-refractivity contribution in [1.82, 2.24) is 19.5 Å². The van der Waals surface area contributed by atoms with Gasteiger partial charge in [0.2, 0.25) is 5.88 Å². The van der Waals surface area contributed by atoms with E-state index in [-0.39, 0.29) is 28.7 Å². The number of carbonyl (C=O) groups is 2. The van der Waals surface area contributed by atoms with E-state index in [2.05, 4.69) is 15.3 Å². The molecular weight excluding hydrogens is 624 g/mol. The maximum Gasteiger partial charge on any atom is 0.422 e. The van der Waals surface area contributed by atoms with Gasteiger partial charge >= 0.3 is 12.2 Å². The highest BCUT2D eigenvalue weighted by atomic mass is 35.5. The van der Waals surface area contributed by atoms with Gasteiger partial charge in [-0.05, 0) is 50.6 Å². The summed E-state index contributed by atoms with van der Waals surface area (Å²) in [5.41, 5.74) is 0.643. The lowest BCUT2D eigenvalue weighted by Crippen LogP contribution is -2.51. The molecule has 2 aromatic carbocycles. The molecule has 1 spiro atoms. The number of imidazole rings is 1. The fourth-order valence-corrected chi connectivity index (χ4v) is 6.04. The van der Waals surface area contributed by atoms with Crippen LogP contribution >= 0.6 is 23.2 Å². The first-order valence-corrected chi connectivity index (χ1v) is 14.0. The number of hydrogen-bond acceptors (Lipinski definition) is 7. The van der Waals surface area contributed by atoms with Gasteiger partial charge in [0, 0.05) is 33.5 Å². The average molecular weight is 647 g/mol. The zero-order chi connectivity index (χ0) is 31.7. The SMILES string of the molecule is COc1nc(OCC(F)(F)F)ncc1-c1nc2c(n1C(C)C)[C@]1(C(=O)Nc3cc(Cl)ccc31)N(c1cc(Cl)ccc1C)C2=O. The number of ether oxygens (including phenoxy) is 2. The Hall–Kier alpha value is -4.36. The molecule has 15 heteroatoms. The molecule has 6 rings (SSSR count). The maximum absolute atomic E-state index is 14.5. The van der Waals surface area contributed by atoms with Gasteiger partial charge < -0.3 is 19.4 Å². The number of alkyl halides is 3. The second kappa shape index (κ2) is 10.4. The van der Waals surface area contributed by atoms with Gasteiger partial charge in [-0.1, -0.05) is 35.3 Å². The lowest BCUT2D eigenvalue weighted by Gasteiger charge is -2.36. The van der Waals surface area contributed by atoms with E-state index in [1.807, 2.05) is 13.8 Å². The lowest BCUT2D eigenvalue weighted by molar-refractivity contribution is -0.154. The van der Waals surface area contributed by atoms with Gasteiger partial charge in [0.15, 0.2) is 17.8 Å². The van der Waals surface area contributed by atoms with E-state index >= 15 is 0 Å². The zero-order valence-corrected chi connectivity index (χ0v) is 25.1. The molecule has 44 heavy (non-hydrogen) atoms. The van der Waals surface area contributed by atoms with E-state index in [0.717, 1.165) is 0 Å². The summed E-state index contributed by atoms with van der Waals surface area (Å²) in [6.45, 7) is 3.87. The largest absolute Gasteiger partial charge is 0.480 e. The number of nitrogens with zero attached hydrogens (tertiary/aromatic N) is 5. The Bertz CT molecular complexity index is 1860. The molecule has 0 fully saturated rings. The van der Waals surface area contributed by atoms with Crippen molar-refractivity contribution in [3.05, 3.63) is 75.2 Å². The fraction of sp³-hybridized carbons (Fsp3) is 0.276. The van der Waals surface area contributed by atoms with Crippen molar-refractivity contribution in [3.63, 3.8) is 0 Å². The third-order valence-corrected chi connectivity index (χ3v) is 7.87. The van der Waals surface area contributed by atoms with Gasteiger partial charge in [-0.3, -0.25) is 14.5 Å². The second-order valence-corrected chi connectivity index (χ2v) is 11.4. The predicted molar refractivity (Wildman–Crippen MR) is 156 cm³/mol. The number of rotatable bonds is 6. The molecule has 2 aliphatic rings. The molecule has 0 bridgehead atoms. The maximum atomic E-state index is 14.5. The van der Waals surface area contributed by atoms with Crippen LogP contribution in [0.1, 0.15) is 47.2 Å². The number of aromatic nitrogens is 4. The number of aryl methyl sites for hydroxylation is 1. The Kier molecular flexibility index (Phi) is 7.00. The number of nitrogens with one attached hydrogen (secondary N) is 1. The molecule has 1 atom stereocenters. The topological polar surface area (TPSA) is 111 Å². The fourth-order valence-electron chi connectivity index (χ4n) is 5.70. The van der Waals surface area contributed by atoms with Crippen LogP contribution in [0, 0.1) is 6.92 Å². The Balaban J connectivity index is 1.63. The van der Waals surface area contributed by atoms with Crippen LogP contribution in [-0.4, -0.2) is 51.2 Å². The molecule has 0 radical (unpaired) electrons. The number of hydrogen-bond donors (Lipinski definition) is 1. The highest BCUT2D eigenvalue weighted by Crippen LogP contribution is 2.55. The Labute approximate surface area is 258 Å². The van der Waals surface area contributed by atoms with E-state index in [0.29, 0.717) is 32.5 Å². The second-order valence-electron chi connectivity index (χ2n) is 10.5. The zero-order valence-electron chi connectivity index (χ0n) is 23.6. The average Bonchev–Trinajstić information content (AvgIpc) is 3.56. The van der Waals surface area contributed by atoms with Crippen LogP contribution in [-0.2, 0) is 10.3 Å². The molecule has 4 aromatic rings. The summed E-state index contributed by atoms with van der Waals surface area (Å²) in [6, 6.07) is 8.98. The van der Waals surface area contributed by atoms with E-state index in [1.165, 1.54) is 18.2 Å². The number of amides is 2. The molecule has 10 nitrogen and oxygen atoms in total. The van der Waals surface area contributed by atoms with Crippen molar-refractivity contribution in [2.75, 3.05) is 23.9 Å². The normalized spacial score (nSPS) is 17.4. The number of halogens is 5. The summed E-state index contributed by atoms with van der Waals surface area (Å²) in [7, 11) is 1.27. The molecule has 1 N–H and O–H groups in total. The van der Waals surface area contributed by atoms with E-state index in [1.54, 1.807) is 47.9 Å². The summed E-state index contributed by atoms with van der Waals surface area (Å²) in [5, 5.41) is 3.62. The number of benzene rings is 2. The van der Waals surface area contributed by atoms with Gasteiger partial charge in [-0.15, -0.1) is 0 Å². The molecular formula is C29H23Cl2F3N6O4. The summed E-state index contributed by atoms with van der Waals surface area (Å²) in [6.07, 6.45) is -3.40. The predicted octanol–water partition coefficient (Wildman–Crippen LogP) is 6.34. The van der Waals surface area contributed by atoms with Crippen molar-refractivity contribution in [3.8, 4) is 23.3 Å². The molecule has 2 amide bonds. The summed E-state index contributed by atoms with van der Waals surface area (Å²) < 4.78 is 50.0. The van der Waals surface area contributed by atoms with Crippen LogP contribution in [0.25, 0.3) is 11.4 Å². The van der Waals surface area contributed by atoms with Crippen LogP contribution < -0.4 is 19.7 Å². The summed E-state index contributed by atoms with van der Waals surface area (Å²) in [5.74, 6) is -1.08. The van der Waals surface area contributed by atoms with Crippen LogP contribution in [0.4, 0.5) is 24.5 Å². The number of methoxy groups -OCH3 is 1. The van der Waals surface area contributed by atoms with E-state index < -0.39 is 42.2 Å². The quantitative estimate of drug-likeness (QED) is 0.260. The van der Waals surface area contributed by atoms with Crippen LogP contribution in [0.5, 0.6) is 11.9 Å². The third kappa shape index (κ3) is 4.44. The molecule has 228 valence electrons. The van der Waals surface area contributed by atoms with E-state index in [4.69, 9.17) is 37.7 Å². The van der Waals surface area contributed by atoms with Crippen LogP contribution in [0.3, 0.4) is 0 Å². The van der Waals surface area contributed by atoms with Gasteiger partial charge in [-0.2, -0.15) is 18.2 Å². The molecule has 2 aliphatic heterocycles. The monoisotopic (exact) mass is 646 g/mol. The standard InChI is InChI=1S/C29H23Cl2F3N6O4/c1-13(2)39-22-21(37-23(39)17-11-35-27(38-24(17)43-4)44-12-28(32,33)34)25(41)40(20-10-16(31)6-5-14(20)3)29(22)18-8-7-15(30)9-19(18)36-26(29)42/h5-11,13H,12H2,1-4H3,(H,36,42)/t29-/m1/s1. The Morgan fingerprint density at radius 2 is 1.77 bits per heavy atom. The van der Waals surface area contributed by atoms with Gasteiger partial charge in [0.05, 0.1) is 24.1 Å². The Morgan fingerprint density at radius 1 is 1.07 bits per heavy atom. The smallest absolute Gasteiger partial charge is 0.422 e. The van der Waals surface area contributed by atoms with Crippen molar-refractivity contribution < 1.29 is 32.2 Å². The van der Waals surface area contributed by atoms with Crippen molar-refractivity contribution in [1.29, 1.82) is 0 Å². The number of carbonyl (C=O) groups excluding carboxylic acids is 2. The van der Waals surface area contributed by atoms with Gasteiger partial charge in [-0.25, -0.2) is 9.97 Å². The van der Waals surface area contributed by atoms with Crippen molar-refractivity contribution in [2.24, 2.45) is 0 Å². The highest BCUT2D eigenvalue weighted by Gasteiger charge is 2.64. The van der Waals surface area contributed by atoms with Crippen LogP contribution in [0.15, 0.2) is 42.6 Å². The minimum absolute atomic E-state index is 0.0227. The summed E-state index contributed by atoms with van der Waals surface area (Å²) >= 11 is 12.7. The van der Waals surface area contributed by atoms with Gasteiger partial charge in [0.25, 0.3) is 11.8 Å². The molecule has 4 heterocycles. The Morgan fingerprint density at radius 3 is 2.45 bits per heavy atom. The van der Waals surface area contributed by atoms with Crippen molar-refractivity contribution in [2.45, 2.75) is 38.5 Å². The first-order chi connectivity index (χ1) is 20.8.